The molecule has 0 unspecified atom stereocenters. The fourth-order valence-electron chi connectivity index (χ4n) is 3.81. The average Bonchev–Trinajstić information content (AvgIpc) is 3.03. The molecule has 0 spiro atoms. The van der Waals surface area contributed by atoms with Gasteiger partial charge in [-0.05, 0) is 53.1 Å². The largest absolute Gasteiger partial charge is 0.339 e. The zero-order chi connectivity index (χ0) is 21.0. The number of rotatable bonds is 4. The Balaban J connectivity index is 1.44. The molecule has 4 nitrogen and oxygen atoms in total. The number of hydrogen-bond acceptors (Lipinski definition) is 4. The molecule has 0 saturated heterocycles. The van der Waals surface area contributed by atoms with E-state index in [0.29, 0.717) is 24.5 Å². The van der Waals surface area contributed by atoms with E-state index in [-0.39, 0.29) is 5.82 Å². The van der Waals surface area contributed by atoms with E-state index in [0.717, 1.165) is 33.6 Å². The van der Waals surface area contributed by atoms with E-state index in [1.165, 1.54) is 6.07 Å². The first kappa shape index (κ1) is 19.2. The smallest absolute Gasteiger partial charge is 0.153 e. The van der Waals surface area contributed by atoms with Gasteiger partial charge in [0.15, 0.2) is 5.82 Å². The lowest BCUT2D eigenvalue weighted by Crippen LogP contribution is -2.11. The van der Waals surface area contributed by atoms with E-state index in [4.69, 9.17) is 0 Å². The summed E-state index contributed by atoms with van der Waals surface area (Å²) in [6.07, 6.45) is 2.05. The molecule has 5 heteroatoms. The Morgan fingerprint density at radius 2 is 1.65 bits per heavy atom. The average molecular weight is 408 g/mol. The first-order valence-corrected chi connectivity index (χ1v) is 10.2. The van der Waals surface area contributed by atoms with E-state index < -0.39 is 0 Å². The van der Waals surface area contributed by atoms with E-state index in [9.17, 15) is 4.39 Å². The van der Waals surface area contributed by atoms with Gasteiger partial charge in [-0.25, -0.2) is 4.39 Å². The Bertz CT molecular complexity index is 1230. The highest BCUT2D eigenvalue weighted by atomic mass is 19.1. The summed E-state index contributed by atoms with van der Waals surface area (Å²) in [6.45, 7) is 1.39. The molecule has 1 aliphatic heterocycles. The summed E-state index contributed by atoms with van der Waals surface area (Å²) in [6, 6.07) is 26.8. The minimum absolute atomic E-state index is 0.210. The molecule has 0 aliphatic carbocycles. The van der Waals surface area contributed by atoms with E-state index in [2.05, 4.69) is 26.9 Å². The van der Waals surface area contributed by atoms with Crippen LogP contribution in [0.15, 0.2) is 91.0 Å². The molecule has 1 aromatic heterocycles. The van der Waals surface area contributed by atoms with Gasteiger partial charge in [0, 0.05) is 29.9 Å². The molecule has 152 valence electrons. The van der Waals surface area contributed by atoms with E-state index >= 15 is 0 Å². The molecule has 2 heterocycles. The molecule has 0 bridgehead atoms. The molecule has 1 aliphatic rings. The number of halogens is 1. The lowest BCUT2D eigenvalue weighted by atomic mass is 9.92. The molecule has 4 aromatic rings. The van der Waals surface area contributed by atoms with Crippen molar-refractivity contribution in [3.63, 3.8) is 0 Å². The molecular weight excluding hydrogens is 387 g/mol. The molecular formula is C26H21FN4. The van der Waals surface area contributed by atoms with Crippen LogP contribution in [-0.4, -0.2) is 16.7 Å². The zero-order valence-electron chi connectivity index (χ0n) is 16.8. The Labute approximate surface area is 180 Å². The topological polar surface area (TPSA) is 49.8 Å². The minimum atomic E-state index is -0.210. The van der Waals surface area contributed by atoms with Gasteiger partial charge < -0.3 is 10.6 Å². The number of nitrogens with zero attached hydrogens (tertiary/aromatic N) is 2. The maximum Gasteiger partial charge on any atom is 0.153 e. The number of fused-ring (bicyclic) bond motifs is 1. The van der Waals surface area contributed by atoms with E-state index in [1.54, 1.807) is 6.07 Å². The first-order chi connectivity index (χ1) is 15.3. The number of hydrogen-bond donors (Lipinski definition) is 2. The van der Waals surface area contributed by atoms with Gasteiger partial charge in [0.25, 0.3) is 0 Å². The Morgan fingerprint density at radius 3 is 2.45 bits per heavy atom. The van der Waals surface area contributed by atoms with Crippen LogP contribution in [0.3, 0.4) is 0 Å². The van der Waals surface area contributed by atoms with Crippen molar-refractivity contribution in [2.24, 2.45) is 0 Å². The molecule has 0 fully saturated rings. The summed E-state index contributed by atoms with van der Waals surface area (Å²) < 4.78 is 14.5. The van der Waals surface area contributed by atoms with Crippen LogP contribution in [0.5, 0.6) is 0 Å². The highest BCUT2D eigenvalue weighted by molar-refractivity contribution is 5.83. The summed E-state index contributed by atoms with van der Waals surface area (Å²) in [5.41, 5.74) is 6.42. The van der Waals surface area contributed by atoms with Crippen molar-refractivity contribution in [1.82, 2.24) is 15.5 Å². The van der Waals surface area contributed by atoms with Crippen molar-refractivity contribution in [1.29, 1.82) is 0 Å². The van der Waals surface area contributed by atoms with Crippen molar-refractivity contribution in [3.05, 3.63) is 114 Å². The van der Waals surface area contributed by atoms with Gasteiger partial charge in [0.1, 0.15) is 5.82 Å². The van der Waals surface area contributed by atoms with Gasteiger partial charge in [0.05, 0.1) is 5.69 Å². The van der Waals surface area contributed by atoms with Crippen LogP contribution in [0.4, 0.5) is 15.9 Å². The predicted octanol–water partition coefficient (Wildman–Crippen LogP) is 5.56. The highest BCUT2D eigenvalue weighted by Crippen LogP contribution is 2.32. The lowest BCUT2D eigenvalue weighted by Gasteiger charge is -2.13. The lowest BCUT2D eigenvalue weighted by molar-refractivity contribution is 0.624. The molecule has 3 aromatic carbocycles. The Kier molecular flexibility index (Phi) is 5.25. The monoisotopic (exact) mass is 408 g/mol. The second kappa shape index (κ2) is 8.50. The zero-order valence-corrected chi connectivity index (χ0v) is 16.8. The van der Waals surface area contributed by atoms with Crippen LogP contribution >= 0.6 is 0 Å². The van der Waals surface area contributed by atoms with Crippen LogP contribution < -0.4 is 10.6 Å². The highest BCUT2D eigenvalue weighted by Gasteiger charge is 2.16. The van der Waals surface area contributed by atoms with Gasteiger partial charge in [-0.1, -0.05) is 54.6 Å². The summed E-state index contributed by atoms with van der Waals surface area (Å²) in [4.78, 5) is 0. The van der Waals surface area contributed by atoms with Gasteiger partial charge in [-0.15, -0.1) is 10.2 Å². The number of anilines is 2. The van der Waals surface area contributed by atoms with Crippen molar-refractivity contribution in [2.45, 2.75) is 6.54 Å². The summed E-state index contributed by atoms with van der Waals surface area (Å²) in [5, 5.41) is 15.4. The molecule has 31 heavy (non-hydrogen) atoms. The first-order valence-electron chi connectivity index (χ1n) is 10.2. The molecule has 0 amide bonds. The Hall–Kier alpha value is -3.83. The number of nitrogens with one attached hydrogen (secondary N) is 2. The molecule has 0 atom stereocenters. The fraction of sp³-hybridized carbons (Fsp3) is 0.0769. The van der Waals surface area contributed by atoms with Crippen molar-refractivity contribution >= 4 is 17.1 Å². The SMILES string of the molecule is Fc1ccccc1C1=CCNCc2cc(-c3ccc(Nc4ccccc4)nn3)ccc21. The molecule has 2 N–H and O–H groups in total. The van der Waals surface area contributed by atoms with E-state index in [1.807, 2.05) is 72.8 Å². The van der Waals surface area contributed by atoms with Crippen LogP contribution in [0.1, 0.15) is 16.7 Å². The standard InChI is InChI=1S/C26H21FN4/c27-24-9-5-4-8-23(24)22-14-15-28-17-19-16-18(10-11-21(19)22)25-12-13-26(31-30-25)29-20-6-2-1-3-7-20/h1-14,16,28H,15,17H2,(H,29,31). The molecule has 0 radical (unpaired) electrons. The van der Waals surface area contributed by atoms with Crippen LogP contribution in [0.2, 0.25) is 0 Å². The maximum atomic E-state index is 14.5. The quantitative estimate of drug-likeness (QED) is 0.464. The number of benzene rings is 3. The van der Waals surface area contributed by atoms with Crippen LogP contribution in [0.25, 0.3) is 16.8 Å². The summed E-state index contributed by atoms with van der Waals surface area (Å²) in [7, 11) is 0. The second-order valence-corrected chi connectivity index (χ2v) is 7.40. The number of aromatic nitrogens is 2. The fourth-order valence-corrected chi connectivity index (χ4v) is 3.81. The van der Waals surface area contributed by atoms with Crippen LogP contribution in [0, 0.1) is 5.82 Å². The van der Waals surface area contributed by atoms with Gasteiger partial charge >= 0.3 is 0 Å². The summed E-state index contributed by atoms with van der Waals surface area (Å²) in [5.74, 6) is 0.481. The van der Waals surface area contributed by atoms with Crippen LogP contribution in [-0.2, 0) is 6.54 Å². The maximum absolute atomic E-state index is 14.5. The second-order valence-electron chi connectivity index (χ2n) is 7.40. The molecule has 0 saturated carbocycles. The summed E-state index contributed by atoms with van der Waals surface area (Å²) >= 11 is 0. The third-order valence-electron chi connectivity index (χ3n) is 5.33. The predicted molar refractivity (Wildman–Crippen MR) is 122 cm³/mol. The van der Waals surface area contributed by atoms with Gasteiger partial charge in [-0.2, -0.15) is 0 Å². The third kappa shape index (κ3) is 4.09. The molecule has 5 rings (SSSR count). The normalized spacial score (nSPS) is 13.1. The van der Waals surface area contributed by atoms with Crippen molar-refractivity contribution < 1.29 is 4.39 Å². The van der Waals surface area contributed by atoms with Crippen molar-refractivity contribution in [3.8, 4) is 11.3 Å². The van der Waals surface area contributed by atoms with Gasteiger partial charge in [-0.3, -0.25) is 0 Å². The van der Waals surface area contributed by atoms with Gasteiger partial charge in [0.2, 0.25) is 0 Å². The minimum Gasteiger partial charge on any atom is -0.339 e. The van der Waals surface area contributed by atoms with Crippen molar-refractivity contribution in [2.75, 3.05) is 11.9 Å². The third-order valence-corrected chi connectivity index (χ3v) is 5.33. The number of para-hydroxylation sites is 1. The Morgan fingerprint density at radius 1 is 0.806 bits per heavy atom.